The Bertz CT molecular complexity index is 821. The molecule has 2 aromatic rings. The molecule has 0 aliphatic heterocycles. The van der Waals surface area contributed by atoms with Crippen molar-refractivity contribution < 1.29 is 4.74 Å². The van der Waals surface area contributed by atoms with Crippen molar-refractivity contribution >= 4 is 34.3 Å². The summed E-state index contributed by atoms with van der Waals surface area (Å²) in [6.45, 7) is 2.08. The highest BCUT2D eigenvalue weighted by atomic mass is 32.1. The predicted molar refractivity (Wildman–Crippen MR) is 96.7 cm³/mol. The van der Waals surface area contributed by atoms with Crippen LogP contribution < -0.4 is 16.2 Å². The molecule has 0 amide bonds. The molecule has 0 bridgehead atoms. The van der Waals surface area contributed by atoms with Gasteiger partial charge in [0.1, 0.15) is 17.3 Å². The monoisotopic (exact) mass is 344 g/mol. The minimum atomic E-state index is -0.0696. The van der Waals surface area contributed by atoms with E-state index in [1.807, 2.05) is 0 Å². The Labute approximate surface area is 143 Å². The molecule has 0 unspecified atom stereocenters. The number of nitrogens with two attached hydrogens (primary N) is 2. The van der Waals surface area contributed by atoms with Gasteiger partial charge in [0.25, 0.3) is 0 Å². The molecule has 0 aromatic carbocycles. The standard InChI is InChI=1S/C16H16N4OS2/c1-8-11-4-2-9(6-17)14(22)13(11)16(23-8)21-10-3-5-12(15(18)19)20-7-10/h3,5-7H,2,4,17H2,1H3,(H3,18,19). The van der Waals surface area contributed by atoms with Crippen molar-refractivity contribution in [3.8, 4) is 10.8 Å². The molecule has 23 heavy (non-hydrogen) atoms. The molecule has 118 valence electrons. The second kappa shape index (κ2) is 6.10. The van der Waals surface area contributed by atoms with E-state index in [0.717, 1.165) is 33.9 Å². The fourth-order valence-electron chi connectivity index (χ4n) is 2.55. The molecule has 0 atom stereocenters. The maximum Gasteiger partial charge on any atom is 0.190 e. The zero-order chi connectivity index (χ0) is 16.6. The summed E-state index contributed by atoms with van der Waals surface area (Å²) < 4.78 is 5.98. The number of ether oxygens (including phenoxy) is 1. The SMILES string of the molecule is Cc1sc(Oc2ccc(C(=N)N)nc2)c2c1CCC(=CN)C2=S. The minimum Gasteiger partial charge on any atom is -0.444 e. The number of nitrogens with zero attached hydrogens (tertiary/aromatic N) is 1. The summed E-state index contributed by atoms with van der Waals surface area (Å²) in [6.07, 6.45) is 4.94. The van der Waals surface area contributed by atoms with Gasteiger partial charge in [0.2, 0.25) is 0 Å². The maximum atomic E-state index is 7.37. The van der Waals surface area contributed by atoms with Gasteiger partial charge in [-0.3, -0.25) is 5.41 Å². The quantitative estimate of drug-likeness (QED) is 0.344. The van der Waals surface area contributed by atoms with Crippen LogP contribution in [0.25, 0.3) is 0 Å². The van der Waals surface area contributed by atoms with Crippen LogP contribution >= 0.6 is 23.6 Å². The predicted octanol–water partition coefficient (Wildman–Crippen LogP) is 3.03. The van der Waals surface area contributed by atoms with Crippen molar-refractivity contribution in [3.63, 3.8) is 0 Å². The molecule has 3 rings (SSSR count). The Morgan fingerprint density at radius 3 is 2.83 bits per heavy atom. The molecule has 1 aliphatic rings. The number of pyridine rings is 1. The van der Waals surface area contributed by atoms with Gasteiger partial charge < -0.3 is 16.2 Å². The van der Waals surface area contributed by atoms with Gasteiger partial charge in [0.15, 0.2) is 5.06 Å². The lowest BCUT2D eigenvalue weighted by molar-refractivity contribution is 0.492. The van der Waals surface area contributed by atoms with E-state index in [-0.39, 0.29) is 5.84 Å². The smallest absolute Gasteiger partial charge is 0.190 e. The number of hydrogen-bond donors (Lipinski definition) is 3. The zero-order valence-corrected chi connectivity index (χ0v) is 14.2. The van der Waals surface area contributed by atoms with Gasteiger partial charge in [0, 0.05) is 4.88 Å². The molecule has 2 heterocycles. The molecular formula is C16H16N4OS2. The van der Waals surface area contributed by atoms with Crippen LogP contribution in [0.15, 0.2) is 30.1 Å². The number of amidine groups is 1. The second-order valence-electron chi connectivity index (χ2n) is 5.22. The highest BCUT2D eigenvalue weighted by Crippen LogP contribution is 2.43. The average Bonchev–Trinajstić information content (AvgIpc) is 2.85. The Morgan fingerprint density at radius 1 is 1.43 bits per heavy atom. The molecule has 7 heteroatoms. The molecule has 0 fully saturated rings. The van der Waals surface area contributed by atoms with E-state index in [2.05, 4.69) is 11.9 Å². The Morgan fingerprint density at radius 2 is 2.22 bits per heavy atom. The number of allylic oxidation sites excluding steroid dienone is 1. The number of hydrogen-bond acceptors (Lipinski definition) is 6. The number of aromatic nitrogens is 1. The summed E-state index contributed by atoms with van der Waals surface area (Å²) >= 11 is 7.15. The molecule has 0 saturated heterocycles. The van der Waals surface area contributed by atoms with Crippen LogP contribution in [-0.4, -0.2) is 15.7 Å². The fraction of sp³-hybridized carbons (Fsp3) is 0.188. The Balaban J connectivity index is 1.95. The van der Waals surface area contributed by atoms with E-state index in [1.54, 1.807) is 35.9 Å². The number of rotatable bonds is 3. The first-order valence-electron chi connectivity index (χ1n) is 7.07. The van der Waals surface area contributed by atoms with Crippen LogP contribution in [0, 0.1) is 12.3 Å². The lowest BCUT2D eigenvalue weighted by Crippen LogP contribution is -2.14. The molecule has 5 N–H and O–H groups in total. The summed E-state index contributed by atoms with van der Waals surface area (Å²) in [7, 11) is 0. The van der Waals surface area contributed by atoms with Crippen LogP contribution in [0.1, 0.15) is 28.1 Å². The first-order chi connectivity index (χ1) is 11.0. The number of thiocarbonyl (C=S) groups is 1. The largest absolute Gasteiger partial charge is 0.444 e. The third-order valence-corrected chi connectivity index (χ3v) is 5.26. The molecule has 2 aromatic heterocycles. The number of nitrogen functional groups attached to an aromatic ring is 1. The van der Waals surface area contributed by atoms with Gasteiger partial charge in [-0.15, -0.1) is 11.3 Å². The van der Waals surface area contributed by atoms with Gasteiger partial charge in [-0.25, -0.2) is 4.98 Å². The van der Waals surface area contributed by atoms with Crippen molar-refractivity contribution in [2.45, 2.75) is 19.8 Å². The molecule has 5 nitrogen and oxygen atoms in total. The molecular weight excluding hydrogens is 328 g/mol. The second-order valence-corrected chi connectivity index (χ2v) is 6.81. The zero-order valence-electron chi connectivity index (χ0n) is 12.6. The van der Waals surface area contributed by atoms with Crippen LogP contribution in [-0.2, 0) is 6.42 Å². The van der Waals surface area contributed by atoms with Gasteiger partial charge in [-0.1, -0.05) is 12.2 Å². The number of thiophene rings is 1. The highest BCUT2D eigenvalue weighted by Gasteiger charge is 2.27. The third kappa shape index (κ3) is 2.85. The van der Waals surface area contributed by atoms with Gasteiger partial charge in [-0.2, -0.15) is 0 Å². The summed E-state index contributed by atoms with van der Waals surface area (Å²) in [5, 5.41) is 8.13. The van der Waals surface area contributed by atoms with Crippen LogP contribution in [0.2, 0.25) is 0 Å². The Hall–Kier alpha value is -2.25. The normalized spacial score (nSPS) is 15.5. The van der Waals surface area contributed by atoms with E-state index in [0.29, 0.717) is 11.4 Å². The van der Waals surface area contributed by atoms with E-state index in [1.165, 1.54) is 10.4 Å². The minimum absolute atomic E-state index is 0.0696. The summed E-state index contributed by atoms with van der Waals surface area (Å²) in [5.41, 5.74) is 14.7. The lowest BCUT2D eigenvalue weighted by atomic mass is 9.90. The van der Waals surface area contributed by atoms with Crippen LogP contribution in [0.3, 0.4) is 0 Å². The van der Waals surface area contributed by atoms with Crippen molar-refractivity contribution in [2.24, 2.45) is 11.5 Å². The van der Waals surface area contributed by atoms with Crippen molar-refractivity contribution in [1.82, 2.24) is 4.98 Å². The third-order valence-electron chi connectivity index (χ3n) is 3.76. The molecule has 1 aliphatic carbocycles. The molecule has 0 spiro atoms. The Kier molecular flexibility index (Phi) is 4.14. The van der Waals surface area contributed by atoms with E-state index in [9.17, 15) is 0 Å². The summed E-state index contributed by atoms with van der Waals surface area (Å²) in [6, 6.07) is 3.41. The first-order valence-corrected chi connectivity index (χ1v) is 8.29. The number of fused-ring (bicyclic) bond motifs is 1. The van der Waals surface area contributed by atoms with Gasteiger partial charge >= 0.3 is 0 Å². The van der Waals surface area contributed by atoms with E-state index < -0.39 is 0 Å². The summed E-state index contributed by atoms with van der Waals surface area (Å²) in [5.74, 6) is 0.519. The molecule has 0 saturated carbocycles. The van der Waals surface area contributed by atoms with Crippen LogP contribution in [0.5, 0.6) is 10.8 Å². The maximum absolute atomic E-state index is 7.37. The van der Waals surface area contributed by atoms with Gasteiger partial charge in [-0.05, 0) is 49.2 Å². The van der Waals surface area contributed by atoms with Crippen LogP contribution in [0.4, 0.5) is 0 Å². The van der Waals surface area contributed by atoms with Crippen molar-refractivity contribution in [2.75, 3.05) is 0 Å². The topological polar surface area (TPSA) is 98.0 Å². The number of nitrogens with one attached hydrogen (secondary N) is 1. The number of aryl methyl sites for hydroxylation is 1. The fourth-order valence-corrected chi connectivity index (χ4v) is 4.07. The first kappa shape index (κ1) is 15.6. The van der Waals surface area contributed by atoms with Crippen molar-refractivity contribution in [3.05, 3.63) is 51.8 Å². The average molecular weight is 344 g/mol. The summed E-state index contributed by atoms with van der Waals surface area (Å²) in [4.78, 5) is 6.08. The molecule has 0 radical (unpaired) electrons. The van der Waals surface area contributed by atoms with Gasteiger partial charge in [0.05, 0.1) is 16.6 Å². The highest BCUT2D eigenvalue weighted by molar-refractivity contribution is 7.81. The van der Waals surface area contributed by atoms with E-state index in [4.69, 9.17) is 33.8 Å². The van der Waals surface area contributed by atoms with Crippen molar-refractivity contribution in [1.29, 1.82) is 5.41 Å². The lowest BCUT2D eigenvalue weighted by Gasteiger charge is -2.18. The van der Waals surface area contributed by atoms with E-state index >= 15 is 0 Å².